The van der Waals surface area contributed by atoms with Crippen LogP contribution in [0.3, 0.4) is 0 Å². The normalized spacial score (nSPS) is 10.7. The summed E-state index contributed by atoms with van der Waals surface area (Å²) in [7, 11) is 0. The fourth-order valence-electron chi connectivity index (χ4n) is 4.40. The molecular weight excluding hydrogens is 446 g/mol. The van der Waals surface area contributed by atoms with Gasteiger partial charge in [0.1, 0.15) is 5.82 Å². The Bertz CT molecular complexity index is 1470. The number of unbranched alkanes of at least 4 members (excludes halogenated alkanes) is 1. The fraction of sp³-hybridized carbons (Fsp3) is 0.226. The SMILES string of the molecule is CCCCc1nc(C)n(CC(=O)c2ccccc2)c(=O)c1Cc1ccc(-c2ccccc2)c(C#N)c1. The molecule has 1 aromatic heterocycles. The van der Waals surface area contributed by atoms with Gasteiger partial charge in [-0.3, -0.25) is 14.2 Å². The first-order valence-corrected chi connectivity index (χ1v) is 12.3. The summed E-state index contributed by atoms with van der Waals surface area (Å²) < 4.78 is 1.48. The zero-order valence-corrected chi connectivity index (χ0v) is 20.7. The summed E-state index contributed by atoms with van der Waals surface area (Å²) in [5.41, 5.74) is 5.00. The molecule has 0 aliphatic heterocycles. The lowest BCUT2D eigenvalue weighted by molar-refractivity contribution is 0.0969. The van der Waals surface area contributed by atoms with Crippen LogP contribution in [0.15, 0.2) is 83.7 Å². The van der Waals surface area contributed by atoms with Crippen molar-refractivity contribution in [3.8, 4) is 17.2 Å². The van der Waals surface area contributed by atoms with Gasteiger partial charge in [0.2, 0.25) is 0 Å². The number of hydrogen-bond donors (Lipinski definition) is 0. The van der Waals surface area contributed by atoms with Gasteiger partial charge in [-0.1, -0.05) is 86.1 Å². The van der Waals surface area contributed by atoms with Crippen molar-refractivity contribution in [2.75, 3.05) is 0 Å². The number of benzene rings is 3. The summed E-state index contributed by atoms with van der Waals surface area (Å²) in [6.45, 7) is 3.83. The van der Waals surface area contributed by atoms with Crippen LogP contribution in [0, 0.1) is 18.3 Å². The molecule has 36 heavy (non-hydrogen) atoms. The van der Waals surface area contributed by atoms with Gasteiger partial charge in [-0.05, 0) is 42.5 Å². The first-order chi connectivity index (χ1) is 17.5. The van der Waals surface area contributed by atoms with Crippen LogP contribution in [-0.2, 0) is 19.4 Å². The Morgan fingerprint density at radius 2 is 1.69 bits per heavy atom. The lowest BCUT2D eigenvalue weighted by Crippen LogP contribution is -2.32. The maximum atomic E-state index is 13.7. The third-order valence-electron chi connectivity index (χ3n) is 6.37. The maximum Gasteiger partial charge on any atom is 0.257 e. The molecule has 4 rings (SSSR count). The van der Waals surface area contributed by atoms with E-state index in [9.17, 15) is 14.9 Å². The van der Waals surface area contributed by atoms with E-state index in [1.165, 1.54) is 4.57 Å². The van der Waals surface area contributed by atoms with Crippen LogP contribution >= 0.6 is 0 Å². The van der Waals surface area contributed by atoms with Crippen molar-refractivity contribution in [1.29, 1.82) is 5.26 Å². The third kappa shape index (κ3) is 5.50. The molecule has 0 N–H and O–H groups in total. The van der Waals surface area contributed by atoms with Crippen molar-refractivity contribution in [3.63, 3.8) is 0 Å². The molecule has 4 aromatic rings. The molecule has 0 unspecified atom stereocenters. The Morgan fingerprint density at radius 3 is 2.36 bits per heavy atom. The molecule has 0 amide bonds. The molecule has 1 heterocycles. The Kier molecular flexibility index (Phi) is 7.87. The van der Waals surface area contributed by atoms with E-state index in [2.05, 4.69) is 13.0 Å². The average molecular weight is 476 g/mol. The van der Waals surface area contributed by atoms with Gasteiger partial charge in [0.25, 0.3) is 5.56 Å². The molecule has 0 radical (unpaired) electrons. The zero-order chi connectivity index (χ0) is 25.5. The second-order valence-electron chi connectivity index (χ2n) is 8.90. The van der Waals surface area contributed by atoms with Crippen LogP contribution in [0.4, 0.5) is 0 Å². The fourth-order valence-corrected chi connectivity index (χ4v) is 4.40. The van der Waals surface area contributed by atoms with Crippen LogP contribution in [0.1, 0.15) is 58.3 Å². The largest absolute Gasteiger partial charge is 0.292 e. The quantitative estimate of drug-likeness (QED) is 0.282. The lowest BCUT2D eigenvalue weighted by atomic mass is 9.95. The number of aryl methyl sites for hydroxylation is 2. The van der Waals surface area contributed by atoms with Crippen molar-refractivity contribution < 1.29 is 4.79 Å². The van der Waals surface area contributed by atoms with Gasteiger partial charge in [-0.25, -0.2) is 4.98 Å². The van der Waals surface area contributed by atoms with Gasteiger partial charge < -0.3 is 0 Å². The van der Waals surface area contributed by atoms with E-state index >= 15 is 0 Å². The summed E-state index contributed by atoms with van der Waals surface area (Å²) in [6.07, 6.45) is 2.96. The highest BCUT2D eigenvalue weighted by Crippen LogP contribution is 2.25. The number of nitriles is 1. The van der Waals surface area contributed by atoms with Crippen LogP contribution in [0.25, 0.3) is 11.1 Å². The van der Waals surface area contributed by atoms with E-state index in [4.69, 9.17) is 4.98 Å². The lowest BCUT2D eigenvalue weighted by Gasteiger charge is -2.16. The Hall–Kier alpha value is -4.30. The standard InChI is InChI=1S/C31H29N3O2/c1-3-4-15-29-28(19-23-16-17-27(26(18-23)20-32)24-11-7-5-8-12-24)31(36)34(22(2)33-29)21-30(35)25-13-9-6-10-14-25/h5-14,16-18H,3-4,15,19,21H2,1-2H3. The zero-order valence-electron chi connectivity index (χ0n) is 20.7. The molecule has 0 aliphatic carbocycles. The van der Waals surface area contributed by atoms with Gasteiger partial charge in [0, 0.05) is 17.5 Å². The molecule has 3 aromatic carbocycles. The monoisotopic (exact) mass is 475 g/mol. The first-order valence-electron chi connectivity index (χ1n) is 12.3. The van der Waals surface area contributed by atoms with Gasteiger partial charge >= 0.3 is 0 Å². The minimum Gasteiger partial charge on any atom is -0.292 e. The topological polar surface area (TPSA) is 75.8 Å². The highest BCUT2D eigenvalue weighted by molar-refractivity contribution is 5.95. The average Bonchev–Trinajstić information content (AvgIpc) is 2.92. The number of carbonyl (C=O) groups is 1. The Balaban J connectivity index is 1.73. The first kappa shape index (κ1) is 24.8. The number of Topliss-reactive ketones (excluding diaryl/α,β-unsaturated/α-hetero) is 1. The highest BCUT2D eigenvalue weighted by atomic mass is 16.1. The maximum absolute atomic E-state index is 13.7. The molecule has 0 spiro atoms. The van der Waals surface area contributed by atoms with Crippen LogP contribution in [0.2, 0.25) is 0 Å². The summed E-state index contributed by atoms with van der Waals surface area (Å²) in [4.78, 5) is 31.3. The van der Waals surface area contributed by atoms with Crippen molar-refractivity contribution >= 4 is 5.78 Å². The van der Waals surface area contributed by atoms with E-state index in [-0.39, 0.29) is 17.9 Å². The van der Waals surface area contributed by atoms with Crippen molar-refractivity contribution in [2.24, 2.45) is 0 Å². The molecule has 0 saturated carbocycles. The minimum absolute atomic E-state index is 0.0564. The molecule has 5 nitrogen and oxygen atoms in total. The summed E-state index contributed by atoms with van der Waals surface area (Å²) >= 11 is 0. The number of carbonyl (C=O) groups excluding carboxylic acids is 1. The number of rotatable bonds is 9. The predicted octanol–water partition coefficient (Wildman–Crippen LogP) is 5.91. The minimum atomic E-state index is -0.191. The van der Waals surface area contributed by atoms with Crippen LogP contribution in [-0.4, -0.2) is 15.3 Å². The van der Waals surface area contributed by atoms with Gasteiger partial charge in [-0.15, -0.1) is 0 Å². The molecule has 0 atom stereocenters. The van der Waals surface area contributed by atoms with E-state index in [1.54, 1.807) is 19.1 Å². The van der Waals surface area contributed by atoms with E-state index in [1.807, 2.05) is 66.7 Å². The van der Waals surface area contributed by atoms with Crippen molar-refractivity contribution in [2.45, 2.75) is 46.1 Å². The second-order valence-corrected chi connectivity index (χ2v) is 8.90. The summed E-state index contributed by atoms with van der Waals surface area (Å²) in [6, 6.07) is 26.8. The van der Waals surface area contributed by atoms with Gasteiger partial charge in [0.05, 0.1) is 23.9 Å². The van der Waals surface area contributed by atoms with Gasteiger partial charge in [-0.2, -0.15) is 5.26 Å². The molecule has 0 fully saturated rings. The molecule has 0 aliphatic rings. The smallest absolute Gasteiger partial charge is 0.257 e. The number of aromatic nitrogens is 2. The molecule has 5 heteroatoms. The summed E-state index contributed by atoms with van der Waals surface area (Å²) in [5, 5.41) is 9.82. The van der Waals surface area contributed by atoms with Gasteiger partial charge in [0.15, 0.2) is 5.78 Å². The molecule has 0 bridgehead atoms. The van der Waals surface area contributed by atoms with Crippen molar-refractivity contribution in [1.82, 2.24) is 9.55 Å². The van der Waals surface area contributed by atoms with E-state index in [0.717, 1.165) is 35.2 Å². The second kappa shape index (κ2) is 11.4. The Labute approximate surface area is 211 Å². The number of nitrogens with zero attached hydrogens (tertiary/aromatic N) is 3. The number of ketones is 1. The highest BCUT2D eigenvalue weighted by Gasteiger charge is 2.18. The van der Waals surface area contributed by atoms with Crippen LogP contribution < -0.4 is 5.56 Å². The molecule has 0 saturated heterocycles. The predicted molar refractivity (Wildman–Crippen MR) is 142 cm³/mol. The van der Waals surface area contributed by atoms with E-state index < -0.39 is 0 Å². The number of hydrogen-bond acceptors (Lipinski definition) is 4. The molecule has 180 valence electrons. The molecular formula is C31H29N3O2. The van der Waals surface area contributed by atoms with E-state index in [0.29, 0.717) is 35.4 Å². The van der Waals surface area contributed by atoms with Crippen molar-refractivity contribution in [3.05, 3.63) is 123 Å². The summed E-state index contributed by atoms with van der Waals surface area (Å²) in [5.74, 6) is 0.408. The third-order valence-corrected chi connectivity index (χ3v) is 6.37. The Morgan fingerprint density at radius 1 is 1.00 bits per heavy atom. The van der Waals surface area contributed by atoms with Crippen LogP contribution in [0.5, 0.6) is 0 Å².